The third kappa shape index (κ3) is 2.61. The van der Waals surface area contributed by atoms with Gasteiger partial charge in [0.25, 0.3) is 0 Å². The summed E-state index contributed by atoms with van der Waals surface area (Å²) in [6.45, 7) is 0.993. The predicted molar refractivity (Wildman–Crippen MR) is 58.4 cm³/mol. The van der Waals surface area contributed by atoms with E-state index in [1.807, 2.05) is 6.07 Å². The molecule has 5 heteroatoms. The van der Waals surface area contributed by atoms with Crippen LogP contribution in [0.2, 0.25) is 0 Å². The molecule has 1 aromatic carbocycles. The molecule has 0 unspecified atom stereocenters. The second-order valence-corrected chi connectivity index (χ2v) is 4.25. The molecule has 0 aromatic heterocycles. The van der Waals surface area contributed by atoms with Gasteiger partial charge in [0.1, 0.15) is 5.82 Å². The monoisotopic (exact) mass is 236 g/mol. The van der Waals surface area contributed by atoms with Gasteiger partial charge in [0.15, 0.2) is 0 Å². The van der Waals surface area contributed by atoms with E-state index in [-0.39, 0.29) is 5.56 Å². The first-order valence-corrected chi connectivity index (χ1v) is 5.37. The van der Waals surface area contributed by atoms with E-state index < -0.39 is 18.0 Å². The normalized spacial score (nSPS) is 24.8. The summed E-state index contributed by atoms with van der Waals surface area (Å²) in [6, 6.07) is 6.18. The van der Waals surface area contributed by atoms with Crippen molar-refractivity contribution >= 4 is 0 Å². The maximum atomic E-state index is 13.6. The van der Waals surface area contributed by atoms with Gasteiger partial charge in [-0.15, -0.1) is 0 Å². The zero-order valence-corrected chi connectivity index (χ0v) is 9.17. The number of hydrogen-bond donors (Lipinski definition) is 2. The van der Waals surface area contributed by atoms with Crippen LogP contribution < -0.4 is 0 Å². The molecule has 2 rings (SSSR count). The molecule has 0 radical (unpaired) electrons. The maximum Gasteiger partial charge on any atom is 0.129 e. The zero-order valence-electron chi connectivity index (χ0n) is 9.17. The molecule has 1 fully saturated rings. The molecule has 90 valence electrons. The van der Waals surface area contributed by atoms with Crippen molar-refractivity contribution in [3.63, 3.8) is 0 Å². The van der Waals surface area contributed by atoms with Crippen molar-refractivity contribution in [3.05, 3.63) is 35.1 Å². The van der Waals surface area contributed by atoms with Crippen LogP contribution in [0.1, 0.15) is 11.1 Å². The number of benzene rings is 1. The van der Waals surface area contributed by atoms with Crippen molar-refractivity contribution in [1.82, 2.24) is 4.90 Å². The van der Waals surface area contributed by atoms with E-state index in [2.05, 4.69) is 0 Å². The molecule has 0 saturated carbocycles. The van der Waals surface area contributed by atoms with Gasteiger partial charge in [0, 0.05) is 25.2 Å². The number of aliphatic hydroxyl groups is 2. The summed E-state index contributed by atoms with van der Waals surface area (Å²) in [7, 11) is 0. The van der Waals surface area contributed by atoms with Crippen LogP contribution in [0.5, 0.6) is 0 Å². The minimum atomic E-state index is -0.767. The van der Waals surface area contributed by atoms with Crippen LogP contribution >= 0.6 is 0 Å². The van der Waals surface area contributed by atoms with Crippen molar-refractivity contribution in [2.45, 2.75) is 18.8 Å². The first-order valence-electron chi connectivity index (χ1n) is 5.37. The fraction of sp³-hybridized carbons (Fsp3) is 0.417. The van der Waals surface area contributed by atoms with Crippen LogP contribution in [-0.2, 0) is 6.54 Å². The maximum absolute atomic E-state index is 13.6. The number of hydrogen-bond acceptors (Lipinski definition) is 4. The fourth-order valence-electron chi connectivity index (χ4n) is 1.96. The molecule has 0 aliphatic carbocycles. The lowest BCUT2D eigenvalue weighted by Crippen LogP contribution is -2.22. The molecule has 0 amide bonds. The number of halogens is 1. The summed E-state index contributed by atoms with van der Waals surface area (Å²) in [4.78, 5) is 1.78. The Morgan fingerprint density at radius 2 is 2.00 bits per heavy atom. The second-order valence-electron chi connectivity index (χ2n) is 4.25. The number of nitrogens with zero attached hydrogens (tertiary/aromatic N) is 2. The zero-order chi connectivity index (χ0) is 12.4. The molecule has 1 aliphatic rings. The lowest BCUT2D eigenvalue weighted by atomic mass is 10.1. The second kappa shape index (κ2) is 4.80. The number of nitriles is 1. The molecular weight excluding hydrogens is 223 g/mol. The Kier molecular flexibility index (Phi) is 3.38. The van der Waals surface area contributed by atoms with Gasteiger partial charge in [-0.25, -0.2) is 4.39 Å². The Hall–Kier alpha value is -1.48. The highest BCUT2D eigenvalue weighted by Gasteiger charge is 2.29. The highest BCUT2D eigenvalue weighted by Crippen LogP contribution is 2.17. The number of rotatable bonds is 2. The van der Waals surface area contributed by atoms with E-state index in [1.54, 1.807) is 17.0 Å². The number of likely N-dealkylation sites (tertiary alicyclic amines) is 1. The van der Waals surface area contributed by atoms with E-state index in [0.717, 1.165) is 0 Å². The van der Waals surface area contributed by atoms with Crippen molar-refractivity contribution in [2.24, 2.45) is 0 Å². The molecule has 0 spiro atoms. The van der Waals surface area contributed by atoms with E-state index in [4.69, 9.17) is 5.26 Å². The topological polar surface area (TPSA) is 67.5 Å². The molecule has 2 N–H and O–H groups in total. The number of β-amino-alcohol motifs (C(OH)–C–C–N with tert-alkyl or cyclic N) is 2. The van der Waals surface area contributed by atoms with Crippen molar-refractivity contribution < 1.29 is 14.6 Å². The summed E-state index contributed by atoms with van der Waals surface area (Å²) in [6.07, 6.45) is -1.53. The summed E-state index contributed by atoms with van der Waals surface area (Å²) >= 11 is 0. The van der Waals surface area contributed by atoms with Crippen LogP contribution in [0.3, 0.4) is 0 Å². The van der Waals surface area contributed by atoms with Gasteiger partial charge < -0.3 is 10.2 Å². The molecular formula is C12H13FN2O2. The molecule has 4 nitrogen and oxygen atoms in total. The predicted octanol–water partition coefficient (Wildman–Crippen LogP) is 0.235. The van der Waals surface area contributed by atoms with E-state index in [0.29, 0.717) is 25.2 Å². The van der Waals surface area contributed by atoms with E-state index in [9.17, 15) is 14.6 Å². The molecule has 1 saturated heterocycles. The standard InChI is InChI=1S/C12H13FN2O2/c13-10-3-8(4-14)1-2-9(10)5-15-6-11(16)12(17)7-15/h1-3,11-12,16-17H,5-7H2/t11-,12+. The first kappa shape index (κ1) is 12.0. The van der Waals surface area contributed by atoms with Gasteiger partial charge in [0.05, 0.1) is 23.8 Å². The third-order valence-electron chi connectivity index (χ3n) is 2.91. The molecule has 1 aromatic rings. The lowest BCUT2D eigenvalue weighted by Gasteiger charge is -2.15. The molecule has 2 atom stereocenters. The SMILES string of the molecule is N#Cc1ccc(CN2C[C@@H](O)[C@@H](O)C2)c(F)c1. The van der Waals surface area contributed by atoms with Gasteiger partial charge in [0.2, 0.25) is 0 Å². The molecule has 1 heterocycles. The van der Waals surface area contributed by atoms with Crippen LogP contribution in [0.15, 0.2) is 18.2 Å². The highest BCUT2D eigenvalue weighted by atomic mass is 19.1. The van der Waals surface area contributed by atoms with Crippen LogP contribution in [0.4, 0.5) is 4.39 Å². The van der Waals surface area contributed by atoms with Crippen molar-refractivity contribution in [2.75, 3.05) is 13.1 Å². The van der Waals surface area contributed by atoms with Gasteiger partial charge in [-0.05, 0) is 12.1 Å². The summed E-state index contributed by atoms with van der Waals surface area (Å²) in [5.74, 6) is -0.431. The highest BCUT2D eigenvalue weighted by molar-refractivity contribution is 5.32. The minimum absolute atomic E-state index is 0.285. The van der Waals surface area contributed by atoms with E-state index >= 15 is 0 Å². The van der Waals surface area contributed by atoms with Crippen LogP contribution in [-0.4, -0.2) is 40.4 Å². The number of aliphatic hydroxyl groups excluding tert-OH is 2. The largest absolute Gasteiger partial charge is 0.389 e. The van der Waals surface area contributed by atoms with Crippen molar-refractivity contribution in [3.8, 4) is 6.07 Å². The Balaban J connectivity index is 2.07. The first-order chi connectivity index (χ1) is 8.10. The van der Waals surface area contributed by atoms with Crippen molar-refractivity contribution in [1.29, 1.82) is 5.26 Å². The Morgan fingerprint density at radius 1 is 1.35 bits per heavy atom. The summed E-state index contributed by atoms with van der Waals surface area (Å²) in [5, 5.41) is 27.4. The fourth-order valence-corrected chi connectivity index (χ4v) is 1.96. The quantitative estimate of drug-likeness (QED) is 0.771. The molecule has 17 heavy (non-hydrogen) atoms. The van der Waals surface area contributed by atoms with Crippen LogP contribution in [0.25, 0.3) is 0 Å². The van der Waals surface area contributed by atoms with Gasteiger partial charge in [-0.3, -0.25) is 4.90 Å². The van der Waals surface area contributed by atoms with Gasteiger partial charge in [-0.1, -0.05) is 6.07 Å². The Morgan fingerprint density at radius 3 is 2.53 bits per heavy atom. The molecule has 1 aliphatic heterocycles. The van der Waals surface area contributed by atoms with Gasteiger partial charge >= 0.3 is 0 Å². The summed E-state index contributed by atoms with van der Waals surface area (Å²) < 4.78 is 13.6. The summed E-state index contributed by atoms with van der Waals surface area (Å²) in [5.41, 5.74) is 0.748. The Bertz CT molecular complexity index is 448. The van der Waals surface area contributed by atoms with E-state index in [1.165, 1.54) is 6.07 Å². The Labute approximate surface area is 98.5 Å². The average Bonchev–Trinajstić information content (AvgIpc) is 2.61. The van der Waals surface area contributed by atoms with Crippen LogP contribution in [0, 0.1) is 17.1 Å². The average molecular weight is 236 g/mol. The lowest BCUT2D eigenvalue weighted by molar-refractivity contribution is 0.0572. The van der Waals surface area contributed by atoms with Gasteiger partial charge in [-0.2, -0.15) is 5.26 Å². The molecule has 0 bridgehead atoms. The third-order valence-corrected chi connectivity index (χ3v) is 2.91. The smallest absolute Gasteiger partial charge is 0.129 e. The minimum Gasteiger partial charge on any atom is -0.389 e.